The van der Waals surface area contributed by atoms with Crippen LogP contribution in [0.15, 0.2) is 18.2 Å². The van der Waals surface area contributed by atoms with E-state index < -0.39 is 14.8 Å². The fourth-order valence-electron chi connectivity index (χ4n) is 3.15. The Labute approximate surface area is 174 Å². The highest BCUT2D eigenvalue weighted by Crippen LogP contribution is 2.31. The summed E-state index contributed by atoms with van der Waals surface area (Å²) in [6.07, 6.45) is 4.39. The van der Waals surface area contributed by atoms with Crippen molar-refractivity contribution in [1.29, 1.82) is 0 Å². The lowest BCUT2D eigenvalue weighted by Gasteiger charge is -2.30. The van der Waals surface area contributed by atoms with Crippen molar-refractivity contribution in [2.24, 2.45) is 5.92 Å². The highest BCUT2D eigenvalue weighted by molar-refractivity contribution is 7.90. The lowest BCUT2D eigenvalue weighted by Crippen LogP contribution is -2.46. The van der Waals surface area contributed by atoms with E-state index in [-0.39, 0.29) is 23.6 Å². The van der Waals surface area contributed by atoms with Gasteiger partial charge in [0.1, 0.15) is 11.5 Å². The van der Waals surface area contributed by atoms with Crippen LogP contribution in [0.25, 0.3) is 0 Å². The van der Waals surface area contributed by atoms with Crippen LogP contribution in [0.3, 0.4) is 0 Å². The zero-order valence-electron chi connectivity index (χ0n) is 17.8. The Bertz CT molecular complexity index is 794. The highest BCUT2D eigenvalue weighted by atomic mass is 32.2. The van der Waals surface area contributed by atoms with Gasteiger partial charge in [0.2, 0.25) is 15.9 Å². The summed E-state index contributed by atoms with van der Waals surface area (Å²) in [4.78, 5) is 12.6. The molecule has 0 aliphatic heterocycles. The van der Waals surface area contributed by atoms with Crippen molar-refractivity contribution < 1.29 is 23.1 Å². The molecule has 7 nitrogen and oxygen atoms in total. The van der Waals surface area contributed by atoms with Crippen LogP contribution in [0.4, 0.5) is 5.69 Å². The molecule has 3 N–H and O–H groups in total. The van der Waals surface area contributed by atoms with Crippen molar-refractivity contribution in [3.05, 3.63) is 18.2 Å². The molecule has 8 heteroatoms. The van der Waals surface area contributed by atoms with E-state index in [0.29, 0.717) is 43.7 Å². The van der Waals surface area contributed by atoms with Crippen LogP contribution < -0.4 is 14.8 Å². The summed E-state index contributed by atoms with van der Waals surface area (Å²) in [7, 11) is -3.40. The Morgan fingerprint density at radius 2 is 1.86 bits per heavy atom. The highest BCUT2D eigenvalue weighted by Gasteiger charge is 2.34. The van der Waals surface area contributed by atoms with Gasteiger partial charge in [-0.25, -0.2) is 13.1 Å². The SMILES string of the molecule is CCCCOc1ccc(NC(=O)C2CCC(NS(=O)(=O)C(C)(C)C)CC2)c(O)c1. The van der Waals surface area contributed by atoms with E-state index in [1.807, 2.05) is 0 Å². The quantitative estimate of drug-likeness (QED) is 0.433. The van der Waals surface area contributed by atoms with Gasteiger partial charge in [-0.3, -0.25) is 4.79 Å². The topological polar surface area (TPSA) is 105 Å². The molecule has 1 saturated carbocycles. The minimum atomic E-state index is -3.40. The number of amides is 1. The summed E-state index contributed by atoms with van der Waals surface area (Å²) < 4.78 is 32.1. The van der Waals surface area contributed by atoms with Gasteiger partial charge in [0, 0.05) is 18.0 Å². The zero-order chi connectivity index (χ0) is 21.7. The van der Waals surface area contributed by atoms with Crippen LogP contribution >= 0.6 is 0 Å². The molecular formula is C21H34N2O5S. The number of anilines is 1. The monoisotopic (exact) mass is 426 g/mol. The third-order valence-corrected chi connectivity index (χ3v) is 7.48. The Balaban J connectivity index is 1.87. The maximum atomic E-state index is 12.6. The first-order valence-corrected chi connectivity index (χ1v) is 11.8. The van der Waals surface area contributed by atoms with Gasteiger partial charge in [0.25, 0.3) is 0 Å². The molecule has 164 valence electrons. The Kier molecular flexibility index (Phi) is 7.94. The van der Waals surface area contributed by atoms with Crippen LogP contribution in [0.5, 0.6) is 11.5 Å². The Morgan fingerprint density at radius 1 is 1.21 bits per heavy atom. The molecular weight excluding hydrogens is 392 g/mol. The molecule has 0 unspecified atom stereocenters. The van der Waals surface area contributed by atoms with Gasteiger partial charge in [-0.1, -0.05) is 13.3 Å². The van der Waals surface area contributed by atoms with Crippen molar-refractivity contribution in [3.63, 3.8) is 0 Å². The number of sulfonamides is 1. The predicted molar refractivity (Wildman–Crippen MR) is 115 cm³/mol. The molecule has 1 fully saturated rings. The summed E-state index contributed by atoms with van der Waals surface area (Å²) in [5.41, 5.74) is 0.355. The number of carbonyl (C=O) groups excluding carboxylic acids is 1. The molecule has 1 aromatic rings. The van der Waals surface area contributed by atoms with E-state index in [0.717, 1.165) is 12.8 Å². The van der Waals surface area contributed by atoms with E-state index in [9.17, 15) is 18.3 Å². The number of hydrogen-bond donors (Lipinski definition) is 3. The molecule has 29 heavy (non-hydrogen) atoms. The molecule has 2 rings (SSSR count). The zero-order valence-corrected chi connectivity index (χ0v) is 18.6. The molecule has 1 aromatic carbocycles. The van der Waals surface area contributed by atoms with Gasteiger partial charge in [-0.05, 0) is 65.0 Å². The number of ether oxygens (including phenoxy) is 1. The summed E-state index contributed by atoms with van der Waals surface area (Å²) in [5, 5.41) is 12.9. The van der Waals surface area contributed by atoms with Crippen LogP contribution in [-0.4, -0.2) is 36.8 Å². The van der Waals surface area contributed by atoms with E-state index in [1.54, 1.807) is 32.9 Å². The maximum absolute atomic E-state index is 12.6. The van der Waals surface area contributed by atoms with E-state index in [4.69, 9.17) is 4.74 Å². The van der Waals surface area contributed by atoms with Crippen molar-refractivity contribution in [3.8, 4) is 11.5 Å². The number of unbranched alkanes of at least 4 members (excludes halogenated alkanes) is 1. The first kappa shape index (κ1) is 23.5. The van der Waals surface area contributed by atoms with Crippen LogP contribution in [0.2, 0.25) is 0 Å². The number of benzene rings is 1. The minimum Gasteiger partial charge on any atom is -0.506 e. The van der Waals surface area contributed by atoms with Crippen LogP contribution in [0, 0.1) is 5.92 Å². The smallest absolute Gasteiger partial charge is 0.227 e. The molecule has 0 saturated heterocycles. The molecule has 0 atom stereocenters. The van der Waals surface area contributed by atoms with Gasteiger partial charge in [0.15, 0.2) is 0 Å². The average Bonchev–Trinajstić information content (AvgIpc) is 2.63. The number of nitrogens with one attached hydrogen (secondary N) is 2. The predicted octanol–water partition coefficient (Wildman–Crippen LogP) is 3.79. The number of carbonyl (C=O) groups is 1. The van der Waals surface area contributed by atoms with Gasteiger partial charge in [-0.15, -0.1) is 0 Å². The lowest BCUT2D eigenvalue weighted by molar-refractivity contribution is -0.120. The molecule has 1 aliphatic rings. The number of rotatable bonds is 8. The molecule has 0 radical (unpaired) electrons. The summed E-state index contributed by atoms with van der Waals surface area (Å²) in [6.45, 7) is 7.67. The van der Waals surface area contributed by atoms with E-state index >= 15 is 0 Å². The van der Waals surface area contributed by atoms with Crippen molar-refractivity contribution >= 4 is 21.6 Å². The largest absolute Gasteiger partial charge is 0.506 e. The second kappa shape index (κ2) is 9.80. The fraction of sp³-hybridized carbons (Fsp3) is 0.667. The first-order valence-electron chi connectivity index (χ1n) is 10.3. The number of aromatic hydroxyl groups is 1. The van der Waals surface area contributed by atoms with Gasteiger partial charge < -0.3 is 15.2 Å². The van der Waals surface area contributed by atoms with Gasteiger partial charge in [0.05, 0.1) is 17.0 Å². The molecule has 1 amide bonds. The fourth-order valence-corrected chi connectivity index (χ4v) is 4.17. The van der Waals surface area contributed by atoms with Crippen molar-refractivity contribution in [2.75, 3.05) is 11.9 Å². The van der Waals surface area contributed by atoms with Gasteiger partial charge >= 0.3 is 0 Å². The maximum Gasteiger partial charge on any atom is 0.227 e. The molecule has 0 spiro atoms. The summed E-state index contributed by atoms with van der Waals surface area (Å²) in [6, 6.07) is 4.72. The third kappa shape index (κ3) is 6.60. The van der Waals surface area contributed by atoms with E-state index in [1.165, 1.54) is 6.07 Å². The van der Waals surface area contributed by atoms with Crippen LogP contribution in [-0.2, 0) is 14.8 Å². The lowest BCUT2D eigenvalue weighted by atomic mass is 9.86. The second-order valence-electron chi connectivity index (χ2n) is 8.65. The number of hydrogen-bond acceptors (Lipinski definition) is 5. The molecule has 0 bridgehead atoms. The summed E-state index contributed by atoms with van der Waals surface area (Å²) >= 11 is 0. The summed E-state index contributed by atoms with van der Waals surface area (Å²) in [5.74, 6) is 0.182. The third-order valence-electron chi connectivity index (χ3n) is 5.22. The number of phenolic OH excluding ortho intramolecular Hbond substituents is 1. The van der Waals surface area contributed by atoms with Crippen LogP contribution in [0.1, 0.15) is 66.2 Å². The Hall–Kier alpha value is -1.80. The van der Waals surface area contributed by atoms with Crippen molar-refractivity contribution in [2.45, 2.75) is 77.0 Å². The minimum absolute atomic E-state index is 0.0287. The van der Waals surface area contributed by atoms with E-state index in [2.05, 4.69) is 17.0 Å². The van der Waals surface area contributed by atoms with Crippen molar-refractivity contribution in [1.82, 2.24) is 4.72 Å². The Morgan fingerprint density at radius 3 is 2.41 bits per heavy atom. The second-order valence-corrected chi connectivity index (χ2v) is 11.1. The van der Waals surface area contributed by atoms with Gasteiger partial charge in [-0.2, -0.15) is 0 Å². The standard InChI is InChI=1S/C21H34N2O5S/c1-5-6-13-28-17-11-12-18(19(24)14-17)22-20(25)15-7-9-16(10-8-15)23-29(26,27)21(2,3)4/h11-12,14-16,23-24H,5-10,13H2,1-4H3,(H,22,25). The molecule has 1 aliphatic carbocycles. The number of phenols is 1. The average molecular weight is 427 g/mol. The normalized spacial score (nSPS) is 20.3. The first-order chi connectivity index (χ1) is 13.5. The molecule has 0 heterocycles. The molecule has 0 aromatic heterocycles.